The van der Waals surface area contributed by atoms with E-state index in [1.807, 2.05) is 0 Å². The number of anilines is 1. The normalized spacial score (nSPS) is 16.5. The Bertz CT molecular complexity index is 396. The predicted octanol–water partition coefficient (Wildman–Crippen LogP) is 0.649. The van der Waals surface area contributed by atoms with Crippen LogP contribution in [0.1, 0.15) is 29.8 Å². The Hall–Kier alpha value is -1.56. The Morgan fingerprint density at radius 3 is 2.71 bits per heavy atom. The molecule has 1 fully saturated rings. The van der Waals surface area contributed by atoms with E-state index in [0.29, 0.717) is 6.54 Å². The number of aromatic nitrogens is 2. The fraction of sp³-hybridized carbons (Fsp3) is 0.636. The SMILES string of the molecule is Nc1cn(CCCN2CCCC2)nc1C(=O)O. The summed E-state index contributed by atoms with van der Waals surface area (Å²) in [6, 6.07) is 0. The molecule has 0 atom stereocenters. The van der Waals surface area contributed by atoms with Gasteiger partial charge in [0.15, 0.2) is 5.69 Å². The van der Waals surface area contributed by atoms with Crippen LogP contribution in [0.4, 0.5) is 5.69 Å². The van der Waals surface area contributed by atoms with Crippen molar-refractivity contribution in [2.75, 3.05) is 25.4 Å². The number of hydrogen-bond acceptors (Lipinski definition) is 4. The van der Waals surface area contributed by atoms with Crippen LogP contribution in [-0.2, 0) is 6.54 Å². The second-order valence-electron chi connectivity index (χ2n) is 4.40. The van der Waals surface area contributed by atoms with Gasteiger partial charge in [-0.15, -0.1) is 0 Å². The van der Waals surface area contributed by atoms with E-state index in [0.717, 1.165) is 13.0 Å². The monoisotopic (exact) mass is 238 g/mol. The molecule has 3 N–H and O–H groups in total. The van der Waals surface area contributed by atoms with Crippen LogP contribution in [-0.4, -0.2) is 45.4 Å². The van der Waals surface area contributed by atoms with Gasteiger partial charge in [-0.2, -0.15) is 5.10 Å². The smallest absolute Gasteiger partial charge is 0.358 e. The summed E-state index contributed by atoms with van der Waals surface area (Å²) >= 11 is 0. The van der Waals surface area contributed by atoms with E-state index in [2.05, 4.69) is 10.00 Å². The maximum Gasteiger partial charge on any atom is 0.358 e. The molecule has 6 heteroatoms. The fourth-order valence-electron chi connectivity index (χ4n) is 2.18. The Morgan fingerprint density at radius 1 is 1.41 bits per heavy atom. The molecule has 2 heterocycles. The van der Waals surface area contributed by atoms with Gasteiger partial charge in [-0.1, -0.05) is 0 Å². The summed E-state index contributed by atoms with van der Waals surface area (Å²) < 4.78 is 1.62. The molecule has 1 aliphatic rings. The van der Waals surface area contributed by atoms with Crippen LogP contribution in [0.3, 0.4) is 0 Å². The van der Waals surface area contributed by atoms with E-state index >= 15 is 0 Å². The second-order valence-corrected chi connectivity index (χ2v) is 4.40. The van der Waals surface area contributed by atoms with Gasteiger partial charge in [0.05, 0.1) is 5.69 Å². The Kier molecular flexibility index (Phi) is 3.63. The summed E-state index contributed by atoms with van der Waals surface area (Å²) in [6.07, 6.45) is 5.14. The van der Waals surface area contributed by atoms with Gasteiger partial charge in [-0.25, -0.2) is 4.79 Å². The number of likely N-dealkylation sites (tertiary alicyclic amines) is 1. The average molecular weight is 238 g/mol. The molecule has 2 rings (SSSR count). The Morgan fingerprint density at radius 2 is 2.12 bits per heavy atom. The third-order valence-corrected chi connectivity index (χ3v) is 3.05. The average Bonchev–Trinajstić information content (AvgIpc) is 2.88. The summed E-state index contributed by atoms with van der Waals surface area (Å²) in [7, 11) is 0. The van der Waals surface area contributed by atoms with Crippen molar-refractivity contribution in [3.63, 3.8) is 0 Å². The van der Waals surface area contributed by atoms with Crippen molar-refractivity contribution in [2.45, 2.75) is 25.8 Å². The third kappa shape index (κ3) is 2.97. The molecule has 1 saturated heterocycles. The number of aryl methyl sites for hydroxylation is 1. The van der Waals surface area contributed by atoms with Gasteiger partial charge in [-0.05, 0) is 38.9 Å². The van der Waals surface area contributed by atoms with Crippen molar-refractivity contribution in [1.82, 2.24) is 14.7 Å². The second kappa shape index (κ2) is 5.18. The molecule has 0 unspecified atom stereocenters. The standard InChI is InChI=1S/C11H18N4O2/c12-9-8-15(13-10(9)11(16)17)7-3-6-14-4-1-2-5-14/h8H,1-7,12H2,(H,16,17). The van der Waals surface area contributed by atoms with Crippen LogP contribution in [0, 0.1) is 0 Å². The predicted molar refractivity (Wildman–Crippen MR) is 63.9 cm³/mol. The van der Waals surface area contributed by atoms with Crippen molar-refractivity contribution in [1.29, 1.82) is 0 Å². The minimum atomic E-state index is -1.07. The molecule has 0 bridgehead atoms. The molecular formula is C11H18N4O2. The van der Waals surface area contributed by atoms with Crippen molar-refractivity contribution < 1.29 is 9.90 Å². The number of hydrogen-bond donors (Lipinski definition) is 2. The van der Waals surface area contributed by atoms with Crippen LogP contribution in [0.2, 0.25) is 0 Å². The molecule has 0 aliphatic carbocycles. The number of aromatic carboxylic acids is 1. The van der Waals surface area contributed by atoms with Gasteiger partial charge in [-0.3, -0.25) is 4.68 Å². The molecular weight excluding hydrogens is 220 g/mol. The first-order valence-corrected chi connectivity index (χ1v) is 5.95. The fourth-order valence-corrected chi connectivity index (χ4v) is 2.18. The first kappa shape index (κ1) is 11.9. The third-order valence-electron chi connectivity index (χ3n) is 3.05. The largest absolute Gasteiger partial charge is 0.476 e. The topological polar surface area (TPSA) is 84.4 Å². The highest BCUT2D eigenvalue weighted by atomic mass is 16.4. The Balaban J connectivity index is 1.82. The van der Waals surface area contributed by atoms with Crippen LogP contribution in [0.5, 0.6) is 0 Å². The van der Waals surface area contributed by atoms with Crippen LogP contribution in [0.25, 0.3) is 0 Å². The lowest BCUT2D eigenvalue weighted by molar-refractivity contribution is 0.0690. The molecule has 1 aromatic rings. The van der Waals surface area contributed by atoms with Gasteiger partial charge in [0.2, 0.25) is 0 Å². The Labute approximate surface area is 100 Å². The molecule has 0 spiro atoms. The highest BCUT2D eigenvalue weighted by Crippen LogP contribution is 2.11. The summed E-state index contributed by atoms with van der Waals surface area (Å²) in [4.78, 5) is 13.2. The zero-order valence-corrected chi connectivity index (χ0v) is 9.80. The summed E-state index contributed by atoms with van der Waals surface area (Å²) in [5, 5.41) is 12.8. The van der Waals surface area contributed by atoms with Crippen LogP contribution >= 0.6 is 0 Å². The van der Waals surface area contributed by atoms with E-state index in [4.69, 9.17) is 10.8 Å². The molecule has 1 aliphatic heterocycles. The maximum atomic E-state index is 10.8. The first-order chi connectivity index (χ1) is 8.16. The van der Waals surface area contributed by atoms with E-state index in [1.54, 1.807) is 10.9 Å². The molecule has 0 amide bonds. The van der Waals surface area contributed by atoms with Crippen molar-refractivity contribution >= 4 is 11.7 Å². The minimum absolute atomic E-state index is 0.0498. The van der Waals surface area contributed by atoms with Gasteiger partial charge >= 0.3 is 5.97 Å². The van der Waals surface area contributed by atoms with E-state index in [-0.39, 0.29) is 11.4 Å². The number of carboxylic acid groups (broad SMARTS) is 1. The summed E-state index contributed by atoms with van der Waals surface area (Å²) in [5.74, 6) is -1.07. The number of rotatable bonds is 5. The summed E-state index contributed by atoms with van der Waals surface area (Å²) in [6.45, 7) is 4.12. The van der Waals surface area contributed by atoms with Gasteiger partial charge in [0.25, 0.3) is 0 Å². The summed E-state index contributed by atoms with van der Waals surface area (Å²) in [5.41, 5.74) is 5.75. The zero-order valence-electron chi connectivity index (χ0n) is 9.80. The van der Waals surface area contributed by atoms with Crippen LogP contribution < -0.4 is 5.73 Å². The number of nitrogen functional groups attached to an aromatic ring is 1. The van der Waals surface area contributed by atoms with Gasteiger partial charge < -0.3 is 15.7 Å². The molecule has 6 nitrogen and oxygen atoms in total. The molecule has 17 heavy (non-hydrogen) atoms. The van der Waals surface area contributed by atoms with E-state index in [9.17, 15) is 4.79 Å². The van der Waals surface area contributed by atoms with Crippen molar-refractivity contribution in [3.8, 4) is 0 Å². The first-order valence-electron chi connectivity index (χ1n) is 5.95. The lowest BCUT2D eigenvalue weighted by atomic mass is 10.4. The quantitative estimate of drug-likeness (QED) is 0.786. The molecule has 0 radical (unpaired) electrons. The lowest BCUT2D eigenvalue weighted by Gasteiger charge is -2.13. The minimum Gasteiger partial charge on any atom is -0.476 e. The highest BCUT2D eigenvalue weighted by Gasteiger charge is 2.14. The zero-order chi connectivity index (χ0) is 12.3. The van der Waals surface area contributed by atoms with Crippen LogP contribution in [0.15, 0.2) is 6.20 Å². The number of nitrogens with zero attached hydrogens (tertiary/aromatic N) is 3. The number of carboxylic acids is 1. The van der Waals surface area contributed by atoms with E-state index in [1.165, 1.54) is 25.9 Å². The van der Waals surface area contributed by atoms with Crippen molar-refractivity contribution in [3.05, 3.63) is 11.9 Å². The lowest BCUT2D eigenvalue weighted by Crippen LogP contribution is -2.21. The number of carbonyl (C=O) groups is 1. The number of nitrogens with two attached hydrogens (primary N) is 1. The van der Waals surface area contributed by atoms with Crippen molar-refractivity contribution in [2.24, 2.45) is 0 Å². The highest BCUT2D eigenvalue weighted by molar-refractivity contribution is 5.91. The molecule has 0 aromatic carbocycles. The molecule has 1 aromatic heterocycles. The van der Waals surface area contributed by atoms with Gasteiger partial charge in [0.1, 0.15) is 0 Å². The molecule has 0 saturated carbocycles. The van der Waals surface area contributed by atoms with E-state index < -0.39 is 5.97 Å². The maximum absolute atomic E-state index is 10.8. The molecule has 94 valence electrons. The van der Waals surface area contributed by atoms with Gasteiger partial charge in [0, 0.05) is 12.7 Å².